The number of nitrogens with zero attached hydrogens (tertiary/aromatic N) is 1. The van der Waals surface area contributed by atoms with Gasteiger partial charge in [-0.05, 0) is 26.7 Å². The average Bonchev–Trinajstić information content (AvgIpc) is 2.11. The molecule has 0 heterocycles. The summed E-state index contributed by atoms with van der Waals surface area (Å²) in [5, 5.41) is 0.884. The van der Waals surface area contributed by atoms with Gasteiger partial charge in [0.2, 0.25) is 0 Å². The molecule has 0 amide bonds. The van der Waals surface area contributed by atoms with Crippen LogP contribution in [0.2, 0.25) is 0 Å². The van der Waals surface area contributed by atoms with Gasteiger partial charge in [-0.25, -0.2) is 4.31 Å². The first kappa shape index (κ1) is 12.7. The van der Waals surface area contributed by atoms with Gasteiger partial charge in [-0.1, -0.05) is 25.8 Å². The molecule has 0 N–H and O–H groups in total. The molecule has 1 nitrogen and oxygen atoms in total. The average molecular weight is 207 g/mol. The Bertz CT molecular complexity index is 98.7. The Labute approximate surface area is 86.8 Å². The molecule has 0 aliphatic rings. The van der Waals surface area contributed by atoms with Crippen LogP contribution in [-0.2, 0) is 0 Å². The molecule has 0 aromatic heterocycles. The molecule has 0 rings (SSSR count). The Hall–Kier alpha value is 0.660. The van der Waals surface area contributed by atoms with E-state index < -0.39 is 0 Å². The van der Waals surface area contributed by atoms with Gasteiger partial charge in [0, 0.05) is 12.1 Å². The second-order valence-corrected chi connectivity index (χ2v) is 4.85. The van der Waals surface area contributed by atoms with Crippen molar-refractivity contribution in [1.29, 1.82) is 0 Å². The summed E-state index contributed by atoms with van der Waals surface area (Å²) in [6.45, 7) is 9.03. The molecule has 0 saturated carbocycles. The molecule has 2 atom stereocenters. The summed E-state index contributed by atoms with van der Waals surface area (Å²) in [5.41, 5.74) is 0. The first-order valence-electron chi connectivity index (χ1n) is 4.69. The fraction of sp³-hybridized carbons (Fsp3) is 1.00. The Kier molecular flexibility index (Phi) is 7.49. The van der Waals surface area contributed by atoms with E-state index in [2.05, 4.69) is 44.6 Å². The van der Waals surface area contributed by atoms with Crippen LogP contribution in [-0.4, -0.2) is 21.5 Å². The van der Waals surface area contributed by atoms with Gasteiger partial charge in [0.25, 0.3) is 0 Å². The van der Waals surface area contributed by atoms with E-state index in [0.717, 1.165) is 5.08 Å². The van der Waals surface area contributed by atoms with Crippen molar-refractivity contribution in [1.82, 2.24) is 4.31 Å². The maximum atomic E-state index is 4.25. The summed E-state index contributed by atoms with van der Waals surface area (Å²) in [7, 11) is 0. The van der Waals surface area contributed by atoms with E-state index in [9.17, 15) is 0 Å². The number of thiol groups is 1. The molecule has 0 saturated heterocycles. The maximum absolute atomic E-state index is 4.25. The van der Waals surface area contributed by atoms with E-state index in [1.165, 1.54) is 12.8 Å². The fourth-order valence-electron chi connectivity index (χ4n) is 1.12. The quantitative estimate of drug-likeness (QED) is 0.404. The van der Waals surface area contributed by atoms with Crippen LogP contribution in [0.25, 0.3) is 0 Å². The normalized spacial score (nSPS) is 16.5. The van der Waals surface area contributed by atoms with Crippen molar-refractivity contribution in [2.75, 3.05) is 5.08 Å². The van der Waals surface area contributed by atoms with Crippen LogP contribution >= 0.6 is 24.6 Å². The van der Waals surface area contributed by atoms with Crippen molar-refractivity contribution in [2.24, 2.45) is 0 Å². The highest BCUT2D eigenvalue weighted by atomic mass is 32.2. The third-order valence-corrected chi connectivity index (χ3v) is 3.74. The molecule has 0 spiro atoms. The molecule has 0 aromatic carbocycles. The van der Waals surface area contributed by atoms with Gasteiger partial charge in [-0.2, -0.15) is 12.6 Å². The highest BCUT2D eigenvalue weighted by molar-refractivity contribution is 8.07. The van der Waals surface area contributed by atoms with Gasteiger partial charge in [0.05, 0.1) is 5.08 Å². The summed E-state index contributed by atoms with van der Waals surface area (Å²) < 4.78 is 2.47. The molecule has 12 heavy (non-hydrogen) atoms. The molecular formula is C9H21NS2. The number of hydrogen-bond acceptors (Lipinski definition) is 3. The number of rotatable bonds is 6. The molecular weight excluding hydrogens is 186 g/mol. The molecule has 0 aromatic rings. The smallest absolute Gasteiger partial charge is 0.0509 e. The predicted molar refractivity (Wildman–Crippen MR) is 62.8 cm³/mol. The van der Waals surface area contributed by atoms with Crippen LogP contribution in [0.4, 0.5) is 0 Å². The van der Waals surface area contributed by atoms with Crippen molar-refractivity contribution >= 4 is 24.6 Å². The Balaban J connectivity index is 4.01. The maximum Gasteiger partial charge on any atom is 0.0509 e. The van der Waals surface area contributed by atoms with Crippen LogP contribution in [0, 0.1) is 0 Å². The summed E-state index contributed by atoms with van der Waals surface area (Å²) in [6, 6.07) is 1.33. The minimum absolute atomic E-state index is 0.664. The van der Waals surface area contributed by atoms with E-state index in [1.54, 1.807) is 0 Å². The standard InChI is InChI=1S/C9H21NS2/c1-5-8(3)10(12-7-11)9(4)6-2/h8-9,11H,5-7H2,1-4H3. The second-order valence-electron chi connectivity index (χ2n) is 3.13. The van der Waals surface area contributed by atoms with Crippen LogP contribution < -0.4 is 0 Å². The Morgan fingerprint density at radius 2 is 1.58 bits per heavy atom. The summed E-state index contributed by atoms with van der Waals surface area (Å²) in [6.07, 6.45) is 2.43. The minimum Gasteiger partial charge on any atom is -0.244 e. The molecule has 0 radical (unpaired) electrons. The van der Waals surface area contributed by atoms with Crippen LogP contribution in [0.1, 0.15) is 40.5 Å². The summed E-state index contributed by atoms with van der Waals surface area (Å²) >= 11 is 6.09. The van der Waals surface area contributed by atoms with Crippen LogP contribution in [0.15, 0.2) is 0 Å². The van der Waals surface area contributed by atoms with E-state index in [0.29, 0.717) is 12.1 Å². The predicted octanol–water partition coefficient (Wildman–Crippen LogP) is 3.42. The first-order chi connectivity index (χ1) is 5.67. The lowest BCUT2D eigenvalue weighted by molar-refractivity contribution is 0.290. The minimum atomic E-state index is 0.664. The lowest BCUT2D eigenvalue weighted by atomic mass is 10.2. The third kappa shape index (κ3) is 4.06. The zero-order valence-corrected chi connectivity index (χ0v) is 10.3. The molecule has 2 unspecified atom stereocenters. The van der Waals surface area contributed by atoms with Crippen molar-refractivity contribution < 1.29 is 0 Å². The van der Waals surface area contributed by atoms with Gasteiger partial charge in [0.15, 0.2) is 0 Å². The van der Waals surface area contributed by atoms with Gasteiger partial charge in [-0.3, -0.25) is 0 Å². The Morgan fingerprint density at radius 1 is 1.17 bits per heavy atom. The zero-order chi connectivity index (χ0) is 9.56. The third-order valence-electron chi connectivity index (χ3n) is 2.26. The largest absolute Gasteiger partial charge is 0.244 e. The number of hydrogen-bond donors (Lipinski definition) is 1. The van der Waals surface area contributed by atoms with Crippen LogP contribution in [0.5, 0.6) is 0 Å². The molecule has 0 fully saturated rings. The Morgan fingerprint density at radius 3 is 1.83 bits per heavy atom. The summed E-state index contributed by atoms with van der Waals surface area (Å²) in [5.74, 6) is 0. The molecule has 0 bridgehead atoms. The van der Waals surface area contributed by atoms with Crippen LogP contribution in [0.3, 0.4) is 0 Å². The van der Waals surface area contributed by atoms with E-state index in [4.69, 9.17) is 0 Å². The topological polar surface area (TPSA) is 3.24 Å². The highest BCUT2D eigenvalue weighted by Crippen LogP contribution is 2.22. The first-order valence-corrected chi connectivity index (χ1v) is 6.26. The molecule has 3 heteroatoms. The molecule has 0 aliphatic heterocycles. The van der Waals surface area contributed by atoms with Gasteiger partial charge in [0.1, 0.15) is 0 Å². The summed E-state index contributed by atoms with van der Waals surface area (Å²) in [4.78, 5) is 0. The van der Waals surface area contributed by atoms with E-state index in [1.807, 2.05) is 11.9 Å². The van der Waals surface area contributed by atoms with E-state index >= 15 is 0 Å². The lowest BCUT2D eigenvalue weighted by Gasteiger charge is -2.31. The fourth-order valence-corrected chi connectivity index (χ4v) is 2.46. The highest BCUT2D eigenvalue weighted by Gasteiger charge is 2.17. The van der Waals surface area contributed by atoms with Gasteiger partial charge >= 0.3 is 0 Å². The SMILES string of the molecule is CCC(C)N(SCS)C(C)CC. The van der Waals surface area contributed by atoms with Gasteiger partial charge in [-0.15, -0.1) is 0 Å². The molecule has 74 valence electrons. The van der Waals surface area contributed by atoms with Crippen molar-refractivity contribution in [3.63, 3.8) is 0 Å². The zero-order valence-electron chi connectivity index (χ0n) is 8.58. The van der Waals surface area contributed by atoms with Crippen molar-refractivity contribution in [3.8, 4) is 0 Å². The molecule has 0 aliphatic carbocycles. The van der Waals surface area contributed by atoms with Crippen molar-refractivity contribution in [2.45, 2.75) is 52.6 Å². The van der Waals surface area contributed by atoms with Crippen molar-refractivity contribution in [3.05, 3.63) is 0 Å². The lowest BCUT2D eigenvalue weighted by Crippen LogP contribution is -2.33. The monoisotopic (exact) mass is 207 g/mol. The van der Waals surface area contributed by atoms with Gasteiger partial charge < -0.3 is 0 Å². The van der Waals surface area contributed by atoms with E-state index in [-0.39, 0.29) is 0 Å². The second kappa shape index (κ2) is 7.10.